The highest BCUT2D eigenvalue weighted by molar-refractivity contribution is 6.02. The Hall–Kier alpha value is -2.20. The van der Waals surface area contributed by atoms with Gasteiger partial charge >= 0.3 is 0 Å². The Kier molecular flexibility index (Phi) is 2.61. The van der Waals surface area contributed by atoms with Gasteiger partial charge in [0.1, 0.15) is 5.54 Å². The molecule has 1 aromatic rings. The summed E-state index contributed by atoms with van der Waals surface area (Å²) in [6, 6.07) is 7.46. The van der Waals surface area contributed by atoms with E-state index in [1.807, 2.05) is 18.2 Å². The summed E-state index contributed by atoms with van der Waals surface area (Å²) >= 11 is 0. The Morgan fingerprint density at radius 1 is 1.16 bits per heavy atom. The SMILES string of the molecule is CON1C(=O)c2ccccc2CC12C=CC(=O)C=C2. The molecule has 1 amide bonds. The first-order chi connectivity index (χ1) is 9.16. The van der Waals surface area contributed by atoms with Gasteiger partial charge in [-0.2, -0.15) is 0 Å². The van der Waals surface area contributed by atoms with Crippen molar-refractivity contribution in [3.8, 4) is 0 Å². The van der Waals surface area contributed by atoms with Crippen LogP contribution in [0.2, 0.25) is 0 Å². The molecule has 0 aromatic heterocycles. The first-order valence-corrected chi connectivity index (χ1v) is 6.05. The van der Waals surface area contributed by atoms with Gasteiger partial charge in [-0.1, -0.05) is 18.2 Å². The average molecular weight is 255 g/mol. The maximum atomic E-state index is 12.5. The first kappa shape index (κ1) is 11.9. The molecule has 0 fully saturated rings. The molecule has 1 spiro atoms. The smallest absolute Gasteiger partial charge is 0.278 e. The number of ketones is 1. The van der Waals surface area contributed by atoms with E-state index in [1.165, 1.54) is 24.3 Å². The van der Waals surface area contributed by atoms with Crippen LogP contribution in [0.1, 0.15) is 15.9 Å². The number of hydrogen-bond acceptors (Lipinski definition) is 3. The Bertz CT molecular complexity index is 600. The van der Waals surface area contributed by atoms with Crippen LogP contribution in [0.4, 0.5) is 0 Å². The number of nitrogens with zero attached hydrogens (tertiary/aromatic N) is 1. The predicted octanol–water partition coefficient (Wildman–Crippen LogP) is 1.68. The molecule has 96 valence electrons. The second-order valence-electron chi connectivity index (χ2n) is 4.68. The molecule has 2 aliphatic rings. The summed E-state index contributed by atoms with van der Waals surface area (Å²) in [4.78, 5) is 29.0. The molecule has 0 saturated heterocycles. The number of allylic oxidation sites excluding steroid dienone is 2. The van der Waals surface area contributed by atoms with Crippen LogP contribution < -0.4 is 0 Å². The van der Waals surface area contributed by atoms with Crippen molar-refractivity contribution in [1.29, 1.82) is 0 Å². The highest BCUT2D eigenvalue weighted by Crippen LogP contribution is 2.34. The van der Waals surface area contributed by atoms with Gasteiger partial charge in [0.15, 0.2) is 5.78 Å². The van der Waals surface area contributed by atoms with E-state index in [0.29, 0.717) is 12.0 Å². The van der Waals surface area contributed by atoms with Crippen molar-refractivity contribution >= 4 is 11.7 Å². The summed E-state index contributed by atoms with van der Waals surface area (Å²) < 4.78 is 0. The Morgan fingerprint density at radius 3 is 2.53 bits per heavy atom. The fourth-order valence-electron chi connectivity index (χ4n) is 2.63. The molecule has 0 N–H and O–H groups in total. The second kappa shape index (κ2) is 4.17. The van der Waals surface area contributed by atoms with Gasteiger partial charge in [-0.05, 0) is 35.9 Å². The minimum Gasteiger partial charge on any atom is -0.290 e. The summed E-state index contributed by atoms with van der Waals surface area (Å²) in [6.45, 7) is 0. The van der Waals surface area contributed by atoms with Gasteiger partial charge in [0.2, 0.25) is 0 Å². The molecule has 0 radical (unpaired) electrons. The molecule has 0 atom stereocenters. The van der Waals surface area contributed by atoms with Crippen molar-refractivity contribution in [2.45, 2.75) is 12.0 Å². The normalized spacial score (nSPS) is 19.9. The molecule has 0 saturated carbocycles. The zero-order valence-electron chi connectivity index (χ0n) is 10.5. The van der Waals surface area contributed by atoms with Gasteiger partial charge in [0.25, 0.3) is 5.91 Å². The van der Waals surface area contributed by atoms with E-state index in [4.69, 9.17) is 4.84 Å². The number of hydrogen-bond donors (Lipinski definition) is 0. The van der Waals surface area contributed by atoms with Crippen LogP contribution in [0.5, 0.6) is 0 Å². The van der Waals surface area contributed by atoms with Gasteiger partial charge in [-0.3, -0.25) is 14.4 Å². The van der Waals surface area contributed by atoms with Gasteiger partial charge in [0, 0.05) is 12.0 Å². The van der Waals surface area contributed by atoms with E-state index in [-0.39, 0.29) is 11.7 Å². The second-order valence-corrected chi connectivity index (χ2v) is 4.68. The molecular weight excluding hydrogens is 242 g/mol. The van der Waals surface area contributed by atoms with Crippen LogP contribution in [-0.2, 0) is 16.1 Å². The maximum Gasteiger partial charge on any atom is 0.278 e. The van der Waals surface area contributed by atoms with Crippen molar-refractivity contribution in [2.24, 2.45) is 0 Å². The van der Waals surface area contributed by atoms with Crippen LogP contribution in [0.25, 0.3) is 0 Å². The molecule has 1 aliphatic carbocycles. The van der Waals surface area contributed by atoms with Crippen LogP contribution in [0.15, 0.2) is 48.6 Å². The lowest BCUT2D eigenvalue weighted by molar-refractivity contribution is -0.138. The maximum absolute atomic E-state index is 12.5. The Morgan fingerprint density at radius 2 is 1.84 bits per heavy atom. The van der Waals surface area contributed by atoms with Crippen molar-refractivity contribution < 1.29 is 14.4 Å². The lowest BCUT2D eigenvalue weighted by Crippen LogP contribution is -2.54. The van der Waals surface area contributed by atoms with E-state index >= 15 is 0 Å². The Balaban J connectivity index is 2.13. The van der Waals surface area contributed by atoms with Crippen molar-refractivity contribution in [3.05, 3.63) is 59.7 Å². The minimum absolute atomic E-state index is 0.0759. The van der Waals surface area contributed by atoms with E-state index in [9.17, 15) is 9.59 Å². The van der Waals surface area contributed by atoms with Gasteiger partial charge in [0.05, 0.1) is 7.11 Å². The Labute approximate surface area is 110 Å². The van der Waals surface area contributed by atoms with Crippen LogP contribution in [-0.4, -0.2) is 29.4 Å². The number of amides is 1. The molecule has 0 unspecified atom stereocenters. The zero-order chi connectivity index (χ0) is 13.5. The third-order valence-corrected chi connectivity index (χ3v) is 3.54. The van der Waals surface area contributed by atoms with E-state index < -0.39 is 5.54 Å². The highest BCUT2D eigenvalue weighted by Gasteiger charge is 2.43. The molecule has 4 nitrogen and oxygen atoms in total. The molecule has 1 aliphatic heterocycles. The number of carbonyl (C=O) groups is 2. The summed E-state index contributed by atoms with van der Waals surface area (Å²) in [7, 11) is 1.46. The topological polar surface area (TPSA) is 46.6 Å². The predicted molar refractivity (Wildman–Crippen MR) is 69.3 cm³/mol. The van der Waals surface area contributed by atoms with Crippen molar-refractivity contribution in [3.63, 3.8) is 0 Å². The van der Waals surface area contributed by atoms with Crippen LogP contribution >= 0.6 is 0 Å². The summed E-state index contributed by atoms with van der Waals surface area (Å²) in [6.07, 6.45) is 7.02. The largest absolute Gasteiger partial charge is 0.290 e. The number of rotatable bonds is 1. The molecule has 4 heteroatoms. The quantitative estimate of drug-likeness (QED) is 0.767. The highest BCUT2D eigenvalue weighted by atomic mass is 16.7. The van der Waals surface area contributed by atoms with E-state index in [2.05, 4.69) is 0 Å². The van der Waals surface area contributed by atoms with Gasteiger partial charge in [-0.15, -0.1) is 0 Å². The number of benzene rings is 1. The molecule has 1 aromatic carbocycles. The fraction of sp³-hybridized carbons (Fsp3) is 0.200. The third-order valence-electron chi connectivity index (χ3n) is 3.54. The molecular formula is C15H13NO3. The first-order valence-electron chi connectivity index (χ1n) is 6.05. The minimum atomic E-state index is -0.700. The molecule has 19 heavy (non-hydrogen) atoms. The standard InChI is InChI=1S/C15H13NO3/c1-19-16-14(18)13-5-3-2-4-11(13)10-15(16)8-6-12(17)7-9-15/h2-9H,10H2,1H3. The number of fused-ring (bicyclic) bond motifs is 1. The lowest BCUT2D eigenvalue weighted by atomic mass is 9.81. The van der Waals surface area contributed by atoms with Crippen LogP contribution in [0, 0.1) is 0 Å². The number of hydroxylamine groups is 2. The van der Waals surface area contributed by atoms with E-state index in [0.717, 1.165) is 5.56 Å². The van der Waals surface area contributed by atoms with Crippen molar-refractivity contribution in [1.82, 2.24) is 5.06 Å². The molecule has 0 bridgehead atoms. The molecule has 3 rings (SSSR count). The fourth-order valence-corrected chi connectivity index (χ4v) is 2.63. The summed E-state index contributed by atoms with van der Waals surface area (Å²) in [5, 5.41) is 1.33. The van der Waals surface area contributed by atoms with E-state index in [1.54, 1.807) is 18.2 Å². The monoisotopic (exact) mass is 255 g/mol. The average Bonchev–Trinajstić information content (AvgIpc) is 2.43. The van der Waals surface area contributed by atoms with Crippen LogP contribution in [0.3, 0.4) is 0 Å². The third kappa shape index (κ3) is 1.72. The van der Waals surface area contributed by atoms with Gasteiger partial charge < -0.3 is 0 Å². The number of carbonyl (C=O) groups excluding carboxylic acids is 2. The molecule has 1 heterocycles. The summed E-state index contributed by atoms with van der Waals surface area (Å²) in [5.74, 6) is -0.263. The summed E-state index contributed by atoms with van der Waals surface area (Å²) in [5.41, 5.74) is 0.909. The van der Waals surface area contributed by atoms with Crippen molar-refractivity contribution in [2.75, 3.05) is 7.11 Å². The van der Waals surface area contributed by atoms with Gasteiger partial charge in [-0.25, -0.2) is 5.06 Å². The lowest BCUT2D eigenvalue weighted by Gasteiger charge is -2.42. The zero-order valence-corrected chi connectivity index (χ0v) is 10.5.